The van der Waals surface area contributed by atoms with Gasteiger partial charge in [0.2, 0.25) is 6.36 Å². The molecule has 1 heterocycles. The summed E-state index contributed by atoms with van der Waals surface area (Å²) in [7, 11) is 0. The van der Waals surface area contributed by atoms with Crippen molar-refractivity contribution in [3.05, 3.63) is 30.3 Å². The fourth-order valence-electron chi connectivity index (χ4n) is 1.76. The van der Waals surface area contributed by atoms with Gasteiger partial charge in [0.05, 0.1) is 6.54 Å². The second-order valence-corrected chi connectivity index (χ2v) is 4.19. The van der Waals surface area contributed by atoms with Crippen LogP contribution >= 0.6 is 0 Å². The van der Waals surface area contributed by atoms with Crippen LogP contribution in [0.1, 0.15) is 0 Å². The Hall–Kier alpha value is -1.41. The Morgan fingerprint density at radius 1 is 1.20 bits per heavy atom. The number of nitrogens with zero attached hydrogens (tertiary/aromatic N) is 1. The zero-order valence-corrected chi connectivity index (χ0v) is 10.2. The molecule has 0 saturated carbocycles. The van der Waals surface area contributed by atoms with E-state index in [2.05, 4.69) is 4.74 Å². The number of halogens is 5. The Morgan fingerprint density at radius 3 is 2.50 bits per heavy atom. The molecule has 0 bridgehead atoms. The maximum atomic E-state index is 13.4. The molecule has 1 fully saturated rings. The summed E-state index contributed by atoms with van der Waals surface area (Å²) >= 11 is 0. The van der Waals surface area contributed by atoms with E-state index in [0.717, 1.165) is 0 Å². The van der Waals surface area contributed by atoms with Gasteiger partial charge in [0.15, 0.2) is 0 Å². The van der Waals surface area contributed by atoms with Crippen molar-refractivity contribution in [1.82, 2.24) is 4.90 Å². The molecular formula is C12H12F5NO2. The van der Waals surface area contributed by atoms with Crippen molar-refractivity contribution in [2.24, 2.45) is 0 Å². The fraction of sp³-hybridized carbons (Fsp3) is 0.500. The second-order valence-electron chi connectivity index (χ2n) is 4.19. The lowest BCUT2D eigenvalue weighted by Gasteiger charge is -2.40. The van der Waals surface area contributed by atoms with Crippen molar-refractivity contribution in [3.8, 4) is 5.75 Å². The van der Waals surface area contributed by atoms with Gasteiger partial charge in [0, 0.05) is 6.54 Å². The van der Waals surface area contributed by atoms with E-state index in [0.29, 0.717) is 5.75 Å². The molecule has 1 unspecified atom stereocenters. The highest BCUT2D eigenvalue weighted by Crippen LogP contribution is 2.42. The molecule has 3 nitrogen and oxygen atoms in total. The summed E-state index contributed by atoms with van der Waals surface area (Å²) in [5.74, 6) is 0.410. The zero-order chi connectivity index (χ0) is 14.8. The first-order valence-electron chi connectivity index (χ1n) is 5.83. The highest BCUT2D eigenvalue weighted by atomic mass is 19.3. The van der Waals surface area contributed by atoms with E-state index in [4.69, 9.17) is 4.74 Å². The molecule has 1 aromatic rings. The maximum Gasteiger partial charge on any atom is 0.437 e. The molecule has 0 aromatic heterocycles. The Labute approximate surface area is 111 Å². The summed E-state index contributed by atoms with van der Waals surface area (Å²) in [5.41, 5.74) is 0. The van der Waals surface area contributed by atoms with E-state index in [-0.39, 0.29) is 11.5 Å². The number of rotatable bonds is 4. The SMILES string of the molecule is FC1CN(CCOc2ccccc2)C(F)(F)C(F)(F)O1. The first-order valence-corrected chi connectivity index (χ1v) is 5.83. The zero-order valence-electron chi connectivity index (χ0n) is 10.2. The van der Waals surface area contributed by atoms with Gasteiger partial charge in [-0.3, -0.25) is 4.74 Å². The Morgan fingerprint density at radius 2 is 1.85 bits per heavy atom. The Balaban J connectivity index is 1.94. The lowest BCUT2D eigenvalue weighted by molar-refractivity contribution is -0.443. The van der Waals surface area contributed by atoms with E-state index in [1.165, 1.54) is 0 Å². The topological polar surface area (TPSA) is 21.7 Å². The predicted molar refractivity (Wildman–Crippen MR) is 59.4 cm³/mol. The van der Waals surface area contributed by atoms with Crippen LogP contribution in [0.25, 0.3) is 0 Å². The largest absolute Gasteiger partial charge is 0.492 e. The van der Waals surface area contributed by atoms with Crippen LogP contribution in [0, 0.1) is 0 Å². The van der Waals surface area contributed by atoms with E-state index >= 15 is 0 Å². The molecule has 1 aliphatic rings. The van der Waals surface area contributed by atoms with Crippen LogP contribution in [0.4, 0.5) is 22.0 Å². The number of hydrogen-bond acceptors (Lipinski definition) is 3. The van der Waals surface area contributed by atoms with Crippen molar-refractivity contribution < 1.29 is 31.4 Å². The van der Waals surface area contributed by atoms with Crippen LogP contribution in [0.2, 0.25) is 0 Å². The van der Waals surface area contributed by atoms with Gasteiger partial charge in [-0.05, 0) is 12.1 Å². The average Bonchev–Trinajstić information content (AvgIpc) is 2.36. The normalized spacial score (nSPS) is 25.4. The minimum absolute atomic E-state index is 0.0180. The number of hydrogen-bond donors (Lipinski definition) is 0. The summed E-state index contributed by atoms with van der Waals surface area (Å²) in [6, 6.07) is 3.68. The van der Waals surface area contributed by atoms with Gasteiger partial charge < -0.3 is 4.74 Å². The van der Waals surface area contributed by atoms with E-state index in [1.54, 1.807) is 30.3 Å². The lowest BCUT2D eigenvalue weighted by atomic mass is 10.3. The van der Waals surface area contributed by atoms with Crippen LogP contribution in [0.15, 0.2) is 30.3 Å². The number of ether oxygens (including phenoxy) is 2. The fourth-order valence-corrected chi connectivity index (χ4v) is 1.76. The third-order valence-corrected chi connectivity index (χ3v) is 2.76. The van der Waals surface area contributed by atoms with Crippen LogP contribution < -0.4 is 4.74 Å². The number of benzene rings is 1. The van der Waals surface area contributed by atoms with Crippen molar-refractivity contribution in [1.29, 1.82) is 0 Å². The molecular weight excluding hydrogens is 285 g/mol. The number of para-hydroxylation sites is 1. The van der Waals surface area contributed by atoms with Crippen LogP contribution in [-0.4, -0.2) is 43.1 Å². The van der Waals surface area contributed by atoms with Crippen molar-refractivity contribution >= 4 is 0 Å². The molecule has 8 heteroatoms. The third-order valence-electron chi connectivity index (χ3n) is 2.76. The van der Waals surface area contributed by atoms with Gasteiger partial charge in [0.1, 0.15) is 12.4 Å². The van der Waals surface area contributed by atoms with Crippen LogP contribution in [-0.2, 0) is 4.74 Å². The molecule has 0 spiro atoms. The minimum atomic E-state index is -4.86. The molecule has 0 aliphatic carbocycles. The highest BCUT2D eigenvalue weighted by Gasteiger charge is 2.66. The lowest BCUT2D eigenvalue weighted by Crippen LogP contribution is -2.63. The standard InChI is InChI=1S/C12H12F5NO2/c13-10-8-18(11(14,15)12(16,17)20-10)6-7-19-9-4-2-1-3-5-9/h1-5,10H,6-8H2. The Kier molecular flexibility index (Phi) is 4.14. The molecule has 20 heavy (non-hydrogen) atoms. The van der Waals surface area contributed by atoms with E-state index in [9.17, 15) is 22.0 Å². The van der Waals surface area contributed by atoms with Gasteiger partial charge in [0.25, 0.3) is 0 Å². The van der Waals surface area contributed by atoms with Gasteiger partial charge >= 0.3 is 12.2 Å². The monoisotopic (exact) mass is 297 g/mol. The summed E-state index contributed by atoms with van der Waals surface area (Å²) in [6.45, 7) is -1.77. The van der Waals surface area contributed by atoms with E-state index < -0.39 is 31.6 Å². The summed E-state index contributed by atoms with van der Waals surface area (Å²) in [6.07, 6.45) is -7.33. The molecule has 112 valence electrons. The molecule has 1 aromatic carbocycles. The molecule has 0 amide bonds. The smallest absolute Gasteiger partial charge is 0.437 e. The first-order chi connectivity index (χ1) is 9.33. The Bertz CT molecular complexity index is 443. The van der Waals surface area contributed by atoms with E-state index in [1.807, 2.05) is 0 Å². The predicted octanol–water partition coefficient (Wildman–Crippen LogP) is 2.88. The molecule has 1 atom stereocenters. The van der Waals surface area contributed by atoms with Gasteiger partial charge in [-0.15, -0.1) is 0 Å². The maximum absolute atomic E-state index is 13.4. The van der Waals surface area contributed by atoms with Crippen LogP contribution in [0.3, 0.4) is 0 Å². The minimum Gasteiger partial charge on any atom is -0.492 e. The van der Waals surface area contributed by atoms with Gasteiger partial charge in [-0.2, -0.15) is 17.6 Å². The van der Waals surface area contributed by atoms with Crippen molar-refractivity contribution in [3.63, 3.8) is 0 Å². The quantitative estimate of drug-likeness (QED) is 0.630. The van der Waals surface area contributed by atoms with Crippen LogP contribution in [0.5, 0.6) is 5.75 Å². The molecule has 0 radical (unpaired) electrons. The summed E-state index contributed by atoms with van der Waals surface area (Å²) in [4.78, 5) is 0.0180. The molecule has 1 aliphatic heterocycles. The highest BCUT2D eigenvalue weighted by molar-refractivity contribution is 5.20. The van der Waals surface area contributed by atoms with Crippen molar-refractivity contribution in [2.45, 2.75) is 18.5 Å². The summed E-state index contributed by atoms with van der Waals surface area (Å²) in [5, 5.41) is 0. The number of alkyl halides is 5. The van der Waals surface area contributed by atoms with Crippen molar-refractivity contribution in [2.75, 3.05) is 19.7 Å². The third kappa shape index (κ3) is 3.01. The summed E-state index contributed by atoms with van der Waals surface area (Å²) < 4.78 is 74.0. The molecule has 1 saturated heterocycles. The first kappa shape index (κ1) is 15.0. The van der Waals surface area contributed by atoms with Gasteiger partial charge in [-0.1, -0.05) is 18.2 Å². The molecule has 0 N–H and O–H groups in total. The molecule has 2 rings (SSSR count). The second kappa shape index (κ2) is 5.53. The van der Waals surface area contributed by atoms with Gasteiger partial charge in [-0.25, -0.2) is 9.29 Å². The average molecular weight is 297 g/mol. The number of morpholine rings is 1.